The zero-order valence-electron chi connectivity index (χ0n) is 8.90. The highest BCUT2D eigenvalue weighted by molar-refractivity contribution is 4.87. The van der Waals surface area contributed by atoms with Gasteiger partial charge in [-0.3, -0.25) is 0 Å². The third-order valence-corrected chi connectivity index (χ3v) is 2.90. The monoisotopic (exact) mass is 179 g/mol. The van der Waals surface area contributed by atoms with Gasteiger partial charge in [0, 0.05) is 12.5 Å². The van der Waals surface area contributed by atoms with Crippen molar-refractivity contribution >= 4 is 0 Å². The lowest BCUT2D eigenvalue weighted by molar-refractivity contribution is 0.364. The van der Waals surface area contributed by atoms with E-state index in [1.807, 2.05) is 0 Å². The minimum atomic E-state index is 0.559. The Morgan fingerprint density at radius 1 is 1.54 bits per heavy atom. The van der Waals surface area contributed by atoms with Crippen LogP contribution in [-0.4, -0.2) is 12.6 Å². The summed E-state index contributed by atoms with van der Waals surface area (Å²) < 4.78 is 0. The average Bonchev–Trinajstić information content (AvgIpc) is 2.40. The van der Waals surface area contributed by atoms with Crippen LogP contribution in [0.15, 0.2) is 0 Å². The Labute approximate surface area is 82.3 Å². The molecular weight excluding hydrogens is 158 g/mol. The molecule has 13 heavy (non-hydrogen) atoms. The van der Waals surface area contributed by atoms with E-state index in [2.05, 4.69) is 25.1 Å². The molecule has 0 aliphatic heterocycles. The third-order valence-electron chi connectivity index (χ3n) is 2.90. The molecule has 74 valence electrons. The van der Waals surface area contributed by atoms with Gasteiger partial charge in [-0.15, -0.1) is 12.3 Å². The maximum atomic E-state index is 5.19. The molecular formula is C12H21N. The molecule has 0 aromatic rings. The molecule has 0 spiro atoms. The van der Waals surface area contributed by atoms with Gasteiger partial charge in [0.05, 0.1) is 0 Å². The molecule has 1 saturated carbocycles. The Kier molecular flexibility index (Phi) is 3.81. The van der Waals surface area contributed by atoms with E-state index in [1.54, 1.807) is 0 Å². The number of hydrogen-bond donors (Lipinski definition) is 1. The van der Waals surface area contributed by atoms with Gasteiger partial charge in [-0.2, -0.15) is 0 Å². The number of hydrogen-bond acceptors (Lipinski definition) is 1. The summed E-state index contributed by atoms with van der Waals surface area (Å²) in [6.45, 7) is 5.80. The van der Waals surface area contributed by atoms with Crippen LogP contribution in [0.3, 0.4) is 0 Å². The summed E-state index contributed by atoms with van der Waals surface area (Å²) in [7, 11) is 0. The van der Waals surface area contributed by atoms with Crippen LogP contribution >= 0.6 is 0 Å². The summed E-state index contributed by atoms with van der Waals surface area (Å²) in [6, 6.07) is 0.743. The van der Waals surface area contributed by atoms with E-state index in [0.717, 1.165) is 25.4 Å². The van der Waals surface area contributed by atoms with Crippen molar-refractivity contribution in [3.05, 3.63) is 0 Å². The van der Waals surface area contributed by atoms with Gasteiger partial charge in [0.1, 0.15) is 0 Å². The highest BCUT2D eigenvalue weighted by Gasteiger charge is 2.29. The summed E-state index contributed by atoms with van der Waals surface area (Å²) in [4.78, 5) is 0. The van der Waals surface area contributed by atoms with Gasteiger partial charge in [0.15, 0.2) is 0 Å². The first kappa shape index (κ1) is 10.6. The second kappa shape index (κ2) is 4.67. The second-order valence-corrected chi connectivity index (χ2v) is 4.87. The minimum absolute atomic E-state index is 0.559. The third kappa shape index (κ3) is 3.83. The van der Waals surface area contributed by atoms with Crippen molar-refractivity contribution in [2.24, 2.45) is 5.41 Å². The van der Waals surface area contributed by atoms with Crippen molar-refractivity contribution in [1.82, 2.24) is 5.32 Å². The predicted octanol–water partition coefficient (Wildman–Crippen LogP) is 2.57. The first-order valence-electron chi connectivity index (χ1n) is 5.31. The lowest BCUT2D eigenvalue weighted by Crippen LogP contribution is -2.28. The van der Waals surface area contributed by atoms with E-state index in [0.29, 0.717) is 5.41 Å². The Morgan fingerprint density at radius 2 is 2.31 bits per heavy atom. The first-order chi connectivity index (χ1) is 6.14. The fourth-order valence-corrected chi connectivity index (χ4v) is 2.11. The van der Waals surface area contributed by atoms with Crippen molar-refractivity contribution < 1.29 is 0 Å². The summed E-state index contributed by atoms with van der Waals surface area (Å²) in [5.41, 5.74) is 0.559. The standard InChI is InChI=1S/C12H21N/c1-4-5-6-9-13-11-7-8-12(2,3)10-11/h1,11,13H,5-10H2,2-3H3. The van der Waals surface area contributed by atoms with Crippen LogP contribution in [0.1, 0.15) is 46.0 Å². The molecule has 0 aromatic heterocycles. The van der Waals surface area contributed by atoms with E-state index in [4.69, 9.17) is 6.42 Å². The number of rotatable bonds is 4. The molecule has 0 amide bonds. The maximum absolute atomic E-state index is 5.19. The predicted molar refractivity (Wildman–Crippen MR) is 57.5 cm³/mol. The zero-order valence-corrected chi connectivity index (χ0v) is 8.90. The van der Waals surface area contributed by atoms with Crippen molar-refractivity contribution in [3.8, 4) is 12.3 Å². The van der Waals surface area contributed by atoms with Crippen LogP contribution in [0, 0.1) is 17.8 Å². The number of terminal acetylenes is 1. The minimum Gasteiger partial charge on any atom is -0.314 e. The van der Waals surface area contributed by atoms with Gasteiger partial charge in [0.25, 0.3) is 0 Å². The van der Waals surface area contributed by atoms with Gasteiger partial charge in [-0.1, -0.05) is 13.8 Å². The summed E-state index contributed by atoms with van der Waals surface area (Å²) in [5.74, 6) is 2.67. The van der Waals surface area contributed by atoms with E-state index in [9.17, 15) is 0 Å². The maximum Gasteiger partial charge on any atom is 0.00981 e. The van der Waals surface area contributed by atoms with Gasteiger partial charge in [-0.25, -0.2) is 0 Å². The van der Waals surface area contributed by atoms with Crippen molar-refractivity contribution in [2.45, 2.75) is 52.0 Å². The summed E-state index contributed by atoms with van der Waals surface area (Å²) >= 11 is 0. The van der Waals surface area contributed by atoms with Crippen molar-refractivity contribution in [1.29, 1.82) is 0 Å². The first-order valence-corrected chi connectivity index (χ1v) is 5.31. The Bertz CT molecular complexity index is 188. The van der Waals surface area contributed by atoms with E-state index in [1.165, 1.54) is 19.3 Å². The van der Waals surface area contributed by atoms with Gasteiger partial charge >= 0.3 is 0 Å². The molecule has 0 bridgehead atoms. The lowest BCUT2D eigenvalue weighted by atomic mass is 9.92. The molecule has 1 heteroatoms. The van der Waals surface area contributed by atoms with E-state index in [-0.39, 0.29) is 0 Å². The lowest BCUT2D eigenvalue weighted by Gasteiger charge is -2.17. The van der Waals surface area contributed by atoms with Crippen LogP contribution in [0.4, 0.5) is 0 Å². The molecule has 1 aliphatic rings. The van der Waals surface area contributed by atoms with Crippen LogP contribution < -0.4 is 5.32 Å². The Hall–Kier alpha value is -0.480. The number of unbranched alkanes of at least 4 members (excludes halogenated alkanes) is 1. The van der Waals surface area contributed by atoms with Crippen LogP contribution in [-0.2, 0) is 0 Å². The quantitative estimate of drug-likeness (QED) is 0.516. The topological polar surface area (TPSA) is 12.0 Å². The fourth-order valence-electron chi connectivity index (χ4n) is 2.11. The number of nitrogens with one attached hydrogen (secondary N) is 1. The Morgan fingerprint density at radius 3 is 2.85 bits per heavy atom. The van der Waals surface area contributed by atoms with Crippen LogP contribution in [0.25, 0.3) is 0 Å². The second-order valence-electron chi connectivity index (χ2n) is 4.87. The molecule has 0 heterocycles. The van der Waals surface area contributed by atoms with E-state index >= 15 is 0 Å². The molecule has 1 N–H and O–H groups in total. The highest BCUT2D eigenvalue weighted by atomic mass is 14.9. The van der Waals surface area contributed by atoms with Crippen LogP contribution in [0.2, 0.25) is 0 Å². The molecule has 1 rings (SSSR count). The average molecular weight is 179 g/mol. The summed E-state index contributed by atoms with van der Waals surface area (Å²) in [5, 5.41) is 3.58. The van der Waals surface area contributed by atoms with Gasteiger partial charge in [0.2, 0.25) is 0 Å². The molecule has 0 aromatic carbocycles. The van der Waals surface area contributed by atoms with Gasteiger partial charge < -0.3 is 5.32 Å². The molecule has 1 fully saturated rings. The van der Waals surface area contributed by atoms with Gasteiger partial charge in [-0.05, 0) is 37.6 Å². The molecule has 1 unspecified atom stereocenters. The normalized spacial score (nSPS) is 25.8. The Balaban J connectivity index is 2.08. The summed E-state index contributed by atoms with van der Waals surface area (Å²) in [6.07, 6.45) is 11.2. The molecule has 1 atom stereocenters. The zero-order chi connectivity index (χ0) is 9.73. The molecule has 1 aliphatic carbocycles. The largest absolute Gasteiger partial charge is 0.314 e. The highest BCUT2D eigenvalue weighted by Crippen LogP contribution is 2.36. The molecule has 1 nitrogen and oxygen atoms in total. The fraction of sp³-hybridized carbons (Fsp3) is 0.833. The van der Waals surface area contributed by atoms with Crippen molar-refractivity contribution in [3.63, 3.8) is 0 Å². The molecule has 0 radical (unpaired) electrons. The SMILES string of the molecule is C#CCCCNC1CCC(C)(C)C1. The smallest absolute Gasteiger partial charge is 0.00981 e. The van der Waals surface area contributed by atoms with Crippen molar-refractivity contribution in [2.75, 3.05) is 6.54 Å². The molecule has 0 saturated heterocycles. The van der Waals surface area contributed by atoms with Crippen LogP contribution in [0.5, 0.6) is 0 Å². The van der Waals surface area contributed by atoms with E-state index < -0.39 is 0 Å².